The van der Waals surface area contributed by atoms with Crippen LogP contribution in [0.3, 0.4) is 0 Å². The van der Waals surface area contributed by atoms with Crippen LogP contribution in [0.25, 0.3) is 0 Å². The van der Waals surface area contributed by atoms with Crippen molar-refractivity contribution in [3.63, 3.8) is 0 Å². The SMILES string of the molecule is C=CC(=O)N(Cc1cn(C2CCC2)nn1)c1ccccc1OCC(F)F. The van der Waals surface area contributed by atoms with Gasteiger partial charge >= 0.3 is 0 Å². The van der Waals surface area contributed by atoms with Crippen LogP contribution in [0, 0.1) is 0 Å². The standard InChI is InChI=1S/C18H20F2N4O2/c1-2-18(25)23(10-13-11-24(22-21-13)14-6-5-7-14)15-8-3-4-9-16(15)26-12-17(19)20/h2-4,8-9,11,14,17H,1,5-7,10,12H2. The van der Waals surface area contributed by atoms with Crippen LogP contribution >= 0.6 is 0 Å². The summed E-state index contributed by atoms with van der Waals surface area (Å²) in [7, 11) is 0. The Hall–Kier alpha value is -2.77. The molecule has 0 N–H and O–H groups in total. The van der Waals surface area contributed by atoms with E-state index < -0.39 is 13.0 Å². The summed E-state index contributed by atoms with van der Waals surface area (Å²) in [5.74, 6) is -0.175. The lowest BCUT2D eigenvalue weighted by atomic mass is 9.93. The van der Waals surface area contributed by atoms with Gasteiger partial charge in [0.1, 0.15) is 18.1 Å². The van der Waals surface area contributed by atoms with Crippen molar-refractivity contribution in [1.29, 1.82) is 0 Å². The van der Waals surface area contributed by atoms with Gasteiger partial charge in [0, 0.05) is 0 Å². The van der Waals surface area contributed by atoms with E-state index in [-0.39, 0.29) is 18.2 Å². The summed E-state index contributed by atoms with van der Waals surface area (Å²) in [6, 6.07) is 6.92. The average molecular weight is 362 g/mol. The van der Waals surface area contributed by atoms with E-state index in [1.54, 1.807) is 24.3 Å². The van der Waals surface area contributed by atoms with Gasteiger partial charge in [0.05, 0.1) is 24.5 Å². The van der Waals surface area contributed by atoms with Crippen molar-refractivity contribution < 1.29 is 18.3 Å². The van der Waals surface area contributed by atoms with Crippen LogP contribution in [0.1, 0.15) is 31.0 Å². The van der Waals surface area contributed by atoms with Gasteiger partial charge in [-0.3, -0.25) is 9.69 Å². The molecule has 138 valence electrons. The van der Waals surface area contributed by atoms with Gasteiger partial charge in [0.25, 0.3) is 12.3 Å². The highest BCUT2D eigenvalue weighted by Gasteiger charge is 2.23. The molecule has 1 aliphatic rings. The molecule has 0 unspecified atom stereocenters. The van der Waals surface area contributed by atoms with E-state index >= 15 is 0 Å². The molecule has 0 atom stereocenters. The molecule has 0 saturated heterocycles. The lowest BCUT2D eigenvalue weighted by molar-refractivity contribution is -0.114. The number of benzene rings is 1. The lowest BCUT2D eigenvalue weighted by Gasteiger charge is -2.25. The Labute approximate surface area is 150 Å². The summed E-state index contributed by atoms with van der Waals surface area (Å²) in [5, 5.41) is 8.25. The largest absolute Gasteiger partial charge is 0.485 e. The van der Waals surface area contributed by atoms with Crippen LogP contribution < -0.4 is 9.64 Å². The van der Waals surface area contributed by atoms with Gasteiger partial charge in [-0.05, 0) is 37.5 Å². The summed E-state index contributed by atoms with van der Waals surface area (Å²) in [5.41, 5.74) is 0.993. The first-order valence-corrected chi connectivity index (χ1v) is 8.43. The molecule has 0 bridgehead atoms. The highest BCUT2D eigenvalue weighted by atomic mass is 19.3. The van der Waals surface area contributed by atoms with Crippen molar-refractivity contribution >= 4 is 11.6 Å². The zero-order valence-electron chi connectivity index (χ0n) is 14.2. The molecule has 1 amide bonds. The van der Waals surface area contributed by atoms with E-state index in [2.05, 4.69) is 16.9 Å². The molecule has 0 spiro atoms. The number of halogens is 2. The molecule has 0 aliphatic heterocycles. The van der Waals surface area contributed by atoms with Gasteiger partial charge < -0.3 is 4.74 Å². The van der Waals surface area contributed by atoms with E-state index in [0.717, 1.165) is 12.8 Å². The first kappa shape index (κ1) is 18.0. The maximum absolute atomic E-state index is 12.5. The van der Waals surface area contributed by atoms with Crippen molar-refractivity contribution in [2.24, 2.45) is 0 Å². The summed E-state index contributed by atoms with van der Waals surface area (Å²) >= 11 is 0. The second-order valence-electron chi connectivity index (χ2n) is 6.07. The van der Waals surface area contributed by atoms with E-state index in [4.69, 9.17) is 4.74 Å². The van der Waals surface area contributed by atoms with Crippen molar-refractivity contribution in [3.05, 3.63) is 48.8 Å². The number of carbonyl (C=O) groups is 1. The number of hydrogen-bond acceptors (Lipinski definition) is 4. The highest BCUT2D eigenvalue weighted by molar-refractivity contribution is 6.01. The molecule has 3 rings (SSSR count). The molecule has 1 aliphatic carbocycles. The highest BCUT2D eigenvalue weighted by Crippen LogP contribution is 2.32. The maximum atomic E-state index is 12.5. The van der Waals surface area contributed by atoms with Crippen LogP contribution in [0.15, 0.2) is 43.1 Å². The molecular formula is C18H20F2N4O2. The first-order chi connectivity index (χ1) is 12.6. The minimum Gasteiger partial charge on any atom is -0.485 e. The first-order valence-electron chi connectivity index (χ1n) is 8.43. The fourth-order valence-corrected chi connectivity index (χ4v) is 2.72. The van der Waals surface area contributed by atoms with Gasteiger partial charge in [0.2, 0.25) is 0 Å². The van der Waals surface area contributed by atoms with E-state index in [1.165, 1.54) is 17.4 Å². The zero-order chi connectivity index (χ0) is 18.5. The zero-order valence-corrected chi connectivity index (χ0v) is 14.2. The van der Waals surface area contributed by atoms with Gasteiger partial charge in [-0.15, -0.1) is 5.10 Å². The Morgan fingerprint density at radius 3 is 2.85 bits per heavy atom. The normalized spacial score (nSPS) is 14.1. The summed E-state index contributed by atoms with van der Waals surface area (Å²) in [6.07, 6.45) is 3.70. The minimum absolute atomic E-state index is 0.145. The second kappa shape index (κ2) is 8.07. The smallest absolute Gasteiger partial charge is 0.272 e. The third kappa shape index (κ3) is 4.07. The number of alkyl halides is 2. The Kier molecular flexibility index (Phi) is 5.60. The van der Waals surface area contributed by atoms with Crippen molar-refractivity contribution in [2.45, 2.75) is 38.3 Å². The number of para-hydroxylation sites is 2. The Morgan fingerprint density at radius 1 is 1.42 bits per heavy atom. The quantitative estimate of drug-likeness (QED) is 0.676. The maximum Gasteiger partial charge on any atom is 0.272 e. The number of hydrogen-bond donors (Lipinski definition) is 0. The van der Waals surface area contributed by atoms with Crippen LogP contribution in [-0.4, -0.2) is 33.9 Å². The molecule has 1 aromatic carbocycles. The predicted molar refractivity (Wildman–Crippen MR) is 92.2 cm³/mol. The summed E-state index contributed by atoms with van der Waals surface area (Å²) in [4.78, 5) is 13.8. The third-order valence-corrected chi connectivity index (χ3v) is 4.29. The molecule has 1 heterocycles. The number of amides is 1. The van der Waals surface area contributed by atoms with E-state index in [0.29, 0.717) is 17.4 Å². The Balaban J connectivity index is 1.83. The lowest BCUT2D eigenvalue weighted by Crippen LogP contribution is -2.29. The number of rotatable bonds is 8. The molecule has 2 aromatic rings. The fraction of sp³-hybridized carbons (Fsp3) is 0.389. The summed E-state index contributed by atoms with van der Waals surface area (Å²) in [6.45, 7) is 2.92. The van der Waals surface area contributed by atoms with Crippen molar-refractivity contribution in [2.75, 3.05) is 11.5 Å². The topological polar surface area (TPSA) is 60.2 Å². The molecule has 1 fully saturated rings. The minimum atomic E-state index is -2.60. The fourth-order valence-electron chi connectivity index (χ4n) is 2.72. The Morgan fingerprint density at radius 2 is 2.19 bits per heavy atom. The molecule has 26 heavy (non-hydrogen) atoms. The van der Waals surface area contributed by atoms with Crippen molar-refractivity contribution in [1.82, 2.24) is 15.0 Å². The van der Waals surface area contributed by atoms with Crippen LogP contribution in [0.5, 0.6) is 5.75 Å². The number of ether oxygens (including phenoxy) is 1. The van der Waals surface area contributed by atoms with Crippen molar-refractivity contribution in [3.8, 4) is 5.75 Å². The van der Waals surface area contributed by atoms with Gasteiger partial charge in [-0.2, -0.15) is 0 Å². The van der Waals surface area contributed by atoms with Crippen LogP contribution in [-0.2, 0) is 11.3 Å². The third-order valence-electron chi connectivity index (χ3n) is 4.29. The molecule has 1 saturated carbocycles. The number of aromatic nitrogens is 3. The number of nitrogens with zero attached hydrogens (tertiary/aromatic N) is 4. The monoisotopic (exact) mass is 362 g/mol. The van der Waals surface area contributed by atoms with E-state index in [1.807, 2.05) is 10.9 Å². The van der Waals surface area contributed by atoms with Gasteiger partial charge in [-0.25, -0.2) is 13.5 Å². The van der Waals surface area contributed by atoms with Gasteiger partial charge in [0.15, 0.2) is 0 Å². The number of carbonyl (C=O) groups excluding carboxylic acids is 1. The second-order valence-corrected chi connectivity index (χ2v) is 6.07. The number of anilines is 1. The molecule has 6 nitrogen and oxygen atoms in total. The summed E-state index contributed by atoms with van der Waals surface area (Å²) < 4.78 is 32.0. The molecule has 0 radical (unpaired) electrons. The Bertz CT molecular complexity index is 774. The van der Waals surface area contributed by atoms with Crippen LogP contribution in [0.2, 0.25) is 0 Å². The molecule has 1 aromatic heterocycles. The van der Waals surface area contributed by atoms with Crippen LogP contribution in [0.4, 0.5) is 14.5 Å². The van der Waals surface area contributed by atoms with E-state index in [9.17, 15) is 13.6 Å². The molecular weight excluding hydrogens is 342 g/mol. The molecule has 8 heteroatoms. The predicted octanol–water partition coefficient (Wildman–Crippen LogP) is 3.37. The average Bonchev–Trinajstić information content (AvgIpc) is 3.04. The van der Waals surface area contributed by atoms with Gasteiger partial charge in [-0.1, -0.05) is 23.9 Å².